The average Bonchev–Trinajstić information content (AvgIpc) is 3.53. The van der Waals surface area contributed by atoms with E-state index in [1.165, 1.54) is 0 Å². The number of aliphatic hydroxyl groups excluding tert-OH is 3. The van der Waals surface area contributed by atoms with Gasteiger partial charge in [0.2, 0.25) is 0 Å². The predicted octanol–water partition coefficient (Wildman–Crippen LogP) is 1.63. The molecule has 0 saturated carbocycles. The van der Waals surface area contributed by atoms with Crippen LogP contribution in [0.4, 0.5) is 5.69 Å². The van der Waals surface area contributed by atoms with Crippen LogP contribution in [0.1, 0.15) is 18.4 Å². The van der Waals surface area contributed by atoms with Crippen LogP contribution in [0.3, 0.4) is 0 Å². The highest BCUT2D eigenvalue weighted by molar-refractivity contribution is 6.06. The Kier molecular flexibility index (Phi) is 5.87. The van der Waals surface area contributed by atoms with Gasteiger partial charge < -0.3 is 20.2 Å². The standard InChI is InChI=1S/C21H22N2O4/c22-12-16(18(25)7-8-19(26)20(27)13-24)11-15-6-5-14-3-1-2-4-17(14)21(15)23-9-10-23/h1-6,11,19-20,24,26-27H,7-10,13H2/b16-11+. The second-order valence-corrected chi connectivity index (χ2v) is 6.66. The summed E-state index contributed by atoms with van der Waals surface area (Å²) >= 11 is 0. The van der Waals surface area contributed by atoms with Crippen LogP contribution in [-0.2, 0) is 4.79 Å². The van der Waals surface area contributed by atoms with Gasteiger partial charge in [-0.2, -0.15) is 5.26 Å². The maximum absolute atomic E-state index is 12.4. The van der Waals surface area contributed by atoms with Crippen molar-refractivity contribution in [1.82, 2.24) is 0 Å². The van der Waals surface area contributed by atoms with Crippen LogP contribution < -0.4 is 4.90 Å². The van der Waals surface area contributed by atoms with Gasteiger partial charge in [-0.3, -0.25) is 4.79 Å². The van der Waals surface area contributed by atoms with Gasteiger partial charge in [0.15, 0.2) is 5.78 Å². The highest BCUT2D eigenvalue weighted by Gasteiger charge is 2.24. The second kappa shape index (κ2) is 8.31. The number of aliphatic hydroxyl groups is 3. The number of anilines is 1. The number of carbonyl (C=O) groups is 1. The molecule has 0 aliphatic carbocycles. The number of fused-ring (bicyclic) bond motifs is 1. The lowest BCUT2D eigenvalue weighted by molar-refractivity contribution is -0.116. The van der Waals surface area contributed by atoms with Gasteiger partial charge in [-0.25, -0.2) is 0 Å². The minimum atomic E-state index is -1.29. The van der Waals surface area contributed by atoms with Crippen LogP contribution in [0.25, 0.3) is 16.8 Å². The molecule has 0 spiro atoms. The molecule has 3 N–H and O–H groups in total. The van der Waals surface area contributed by atoms with Crippen molar-refractivity contribution in [3.05, 3.63) is 47.5 Å². The molecule has 2 aromatic rings. The summed E-state index contributed by atoms with van der Waals surface area (Å²) in [6.45, 7) is 1.30. The smallest absolute Gasteiger partial charge is 0.173 e. The maximum Gasteiger partial charge on any atom is 0.173 e. The number of nitrogens with zero attached hydrogens (tertiary/aromatic N) is 2. The third-order valence-electron chi connectivity index (χ3n) is 4.71. The second-order valence-electron chi connectivity index (χ2n) is 6.66. The van der Waals surface area contributed by atoms with Gasteiger partial charge in [0.05, 0.1) is 24.0 Å². The van der Waals surface area contributed by atoms with Crippen LogP contribution in [0.5, 0.6) is 0 Å². The van der Waals surface area contributed by atoms with Crippen LogP contribution in [0, 0.1) is 11.3 Å². The van der Waals surface area contributed by atoms with E-state index >= 15 is 0 Å². The normalized spacial score (nSPS) is 16.1. The minimum Gasteiger partial charge on any atom is -0.394 e. The highest BCUT2D eigenvalue weighted by atomic mass is 16.4. The van der Waals surface area contributed by atoms with Crippen molar-refractivity contribution in [2.24, 2.45) is 0 Å². The average molecular weight is 366 g/mol. The molecule has 2 atom stereocenters. The van der Waals surface area contributed by atoms with E-state index in [1.807, 2.05) is 42.5 Å². The third kappa shape index (κ3) is 4.34. The molecule has 140 valence electrons. The van der Waals surface area contributed by atoms with Gasteiger partial charge in [-0.1, -0.05) is 36.4 Å². The Balaban J connectivity index is 1.87. The lowest BCUT2D eigenvalue weighted by Gasteiger charge is -2.15. The molecule has 0 amide bonds. The van der Waals surface area contributed by atoms with Crippen molar-refractivity contribution >= 4 is 28.3 Å². The van der Waals surface area contributed by atoms with Gasteiger partial charge >= 0.3 is 0 Å². The lowest BCUT2D eigenvalue weighted by atomic mass is 9.98. The first-order valence-electron chi connectivity index (χ1n) is 8.94. The molecule has 1 heterocycles. The molecular weight excluding hydrogens is 344 g/mol. The Hall–Kier alpha value is -2.72. The summed E-state index contributed by atoms with van der Waals surface area (Å²) in [5.41, 5.74) is 1.84. The first-order chi connectivity index (χ1) is 13.0. The summed E-state index contributed by atoms with van der Waals surface area (Å²) in [5.74, 6) is -0.397. The molecule has 1 fully saturated rings. The van der Waals surface area contributed by atoms with Gasteiger partial charge in [0, 0.05) is 24.9 Å². The molecule has 0 radical (unpaired) electrons. The van der Waals surface area contributed by atoms with Gasteiger partial charge in [-0.05, 0) is 23.4 Å². The summed E-state index contributed by atoms with van der Waals surface area (Å²) in [6.07, 6.45) is -0.993. The molecule has 1 aliphatic heterocycles. The Morgan fingerprint density at radius 3 is 2.59 bits per heavy atom. The summed E-state index contributed by atoms with van der Waals surface area (Å²) in [5, 5.41) is 39.5. The molecule has 3 rings (SSSR count). The fourth-order valence-electron chi connectivity index (χ4n) is 3.07. The zero-order valence-electron chi connectivity index (χ0n) is 14.9. The molecule has 1 saturated heterocycles. The quantitative estimate of drug-likeness (QED) is 0.373. The number of hydrogen-bond donors (Lipinski definition) is 3. The van der Waals surface area contributed by atoms with Crippen LogP contribution in [0.2, 0.25) is 0 Å². The molecule has 6 heteroatoms. The summed E-state index contributed by atoms with van der Waals surface area (Å²) < 4.78 is 0. The van der Waals surface area contributed by atoms with Crippen LogP contribution in [0.15, 0.2) is 42.0 Å². The van der Waals surface area contributed by atoms with E-state index in [9.17, 15) is 20.3 Å². The van der Waals surface area contributed by atoms with Crippen molar-refractivity contribution in [3.63, 3.8) is 0 Å². The van der Waals surface area contributed by atoms with Crippen molar-refractivity contribution < 1.29 is 20.1 Å². The predicted molar refractivity (Wildman–Crippen MR) is 103 cm³/mol. The number of benzene rings is 2. The first-order valence-corrected chi connectivity index (χ1v) is 8.94. The zero-order chi connectivity index (χ0) is 19.4. The van der Waals surface area contributed by atoms with E-state index in [1.54, 1.807) is 6.08 Å². The van der Waals surface area contributed by atoms with Crippen molar-refractivity contribution in [3.8, 4) is 6.07 Å². The number of carbonyl (C=O) groups excluding carboxylic acids is 1. The topological polar surface area (TPSA) is 105 Å². The third-order valence-corrected chi connectivity index (χ3v) is 4.71. The number of rotatable bonds is 8. The Bertz CT molecular complexity index is 912. The monoisotopic (exact) mass is 366 g/mol. The molecule has 0 aromatic heterocycles. The highest BCUT2D eigenvalue weighted by Crippen LogP contribution is 2.35. The van der Waals surface area contributed by atoms with E-state index in [2.05, 4.69) is 4.90 Å². The van der Waals surface area contributed by atoms with Crippen molar-refractivity contribution in [1.29, 1.82) is 5.26 Å². The van der Waals surface area contributed by atoms with Crippen molar-refractivity contribution in [2.75, 3.05) is 24.6 Å². The van der Waals surface area contributed by atoms with E-state index in [-0.39, 0.29) is 18.4 Å². The van der Waals surface area contributed by atoms with E-state index in [0.717, 1.165) is 35.1 Å². The SMILES string of the molecule is N#C/C(=C\c1ccc2ccccc2c1N1CC1)C(=O)CCC(O)C(O)CO. The molecule has 2 aromatic carbocycles. The van der Waals surface area contributed by atoms with Crippen LogP contribution >= 0.6 is 0 Å². The number of allylic oxidation sites excluding steroid dienone is 1. The number of Topliss-reactive ketones (excluding diaryl/α,β-unsaturated/α-hetero) is 1. The maximum atomic E-state index is 12.4. The molecule has 0 bridgehead atoms. The Morgan fingerprint density at radius 2 is 1.93 bits per heavy atom. The number of hydrogen-bond acceptors (Lipinski definition) is 6. The minimum absolute atomic E-state index is 0.0130. The van der Waals surface area contributed by atoms with E-state index in [4.69, 9.17) is 5.11 Å². The Labute approximate surface area is 157 Å². The fraction of sp³-hybridized carbons (Fsp3) is 0.333. The molecule has 27 heavy (non-hydrogen) atoms. The van der Waals surface area contributed by atoms with E-state index in [0.29, 0.717) is 0 Å². The van der Waals surface area contributed by atoms with Gasteiger partial charge in [-0.15, -0.1) is 0 Å². The first kappa shape index (κ1) is 19.1. The molecular formula is C21H22N2O4. The molecule has 6 nitrogen and oxygen atoms in total. The van der Waals surface area contributed by atoms with Gasteiger partial charge in [0.25, 0.3) is 0 Å². The van der Waals surface area contributed by atoms with Crippen molar-refractivity contribution in [2.45, 2.75) is 25.0 Å². The fourth-order valence-corrected chi connectivity index (χ4v) is 3.07. The summed E-state index contributed by atoms with van der Waals surface area (Å²) in [6, 6.07) is 13.8. The van der Waals surface area contributed by atoms with Crippen LogP contribution in [-0.4, -0.2) is 53.0 Å². The summed E-state index contributed by atoms with van der Waals surface area (Å²) in [4.78, 5) is 14.6. The lowest BCUT2D eigenvalue weighted by Crippen LogP contribution is -2.29. The largest absolute Gasteiger partial charge is 0.394 e. The summed E-state index contributed by atoms with van der Waals surface area (Å²) in [7, 11) is 0. The van der Waals surface area contributed by atoms with Gasteiger partial charge in [0.1, 0.15) is 12.2 Å². The molecule has 2 unspecified atom stereocenters. The number of nitriles is 1. The van der Waals surface area contributed by atoms with E-state index < -0.39 is 24.6 Å². The zero-order valence-corrected chi connectivity index (χ0v) is 14.9. The Morgan fingerprint density at radius 1 is 1.19 bits per heavy atom. The molecule has 1 aliphatic rings. The number of ketones is 1.